The summed E-state index contributed by atoms with van der Waals surface area (Å²) in [5, 5.41) is 0.461. The summed E-state index contributed by atoms with van der Waals surface area (Å²) in [6, 6.07) is 18.5. The number of Topliss-reactive ketones (excluding diaryl/α,β-unsaturated/α-hetero) is 2. The van der Waals surface area contributed by atoms with Crippen LogP contribution in [0.1, 0.15) is 20.7 Å². The number of hydrogen-bond acceptors (Lipinski definition) is 5. The van der Waals surface area contributed by atoms with E-state index in [1.54, 1.807) is 71.8 Å². The highest BCUT2D eigenvalue weighted by Gasteiger charge is 2.63. The third-order valence-electron chi connectivity index (χ3n) is 7.33. The maximum atomic E-state index is 13.8. The Kier molecular flexibility index (Phi) is 5.80. The van der Waals surface area contributed by atoms with Crippen LogP contribution in [0.25, 0.3) is 0 Å². The minimum atomic E-state index is -0.993. The Morgan fingerprint density at radius 2 is 1.45 bits per heavy atom. The van der Waals surface area contributed by atoms with Gasteiger partial charge in [0.05, 0.1) is 23.6 Å². The lowest BCUT2D eigenvalue weighted by molar-refractivity contribution is -0.123. The molecule has 188 valence electrons. The first-order valence-corrected chi connectivity index (χ1v) is 12.4. The van der Waals surface area contributed by atoms with Crippen molar-refractivity contribution in [1.29, 1.82) is 0 Å². The van der Waals surface area contributed by atoms with Gasteiger partial charge in [-0.15, -0.1) is 0 Å². The molecule has 3 aromatic carbocycles. The zero-order chi connectivity index (χ0) is 26.6. The van der Waals surface area contributed by atoms with E-state index in [9.17, 15) is 23.6 Å². The van der Waals surface area contributed by atoms with Crippen molar-refractivity contribution in [1.82, 2.24) is 4.90 Å². The van der Waals surface area contributed by atoms with Crippen LogP contribution in [-0.2, 0) is 9.59 Å². The van der Waals surface area contributed by atoms with E-state index in [4.69, 9.17) is 11.6 Å². The van der Waals surface area contributed by atoms with Gasteiger partial charge in [0.2, 0.25) is 11.8 Å². The van der Waals surface area contributed by atoms with Crippen molar-refractivity contribution in [3.05, 3.63) is 125 Å². The normalized spacial score (nSPS) is 23.8. The molecular weight excluding hydrogens is 507 g/mol. The molecule has 2 amide bonds. The summed E-state index contributed by atoms with van der Waals surface area (Å²) in [5.74, 6) is -3.99. The van der Waals surface area contributed by atoms with Crippen molar-refractivity contribution in [3.8, 4) is 0 Å². The maximum Gasteiger partial charge on any atom is 0.240 e. The van der Waals surface area contributed by atoms with Gasteiger partial charge in [0, 0.05) is 27.9 Å². The number of allylic oxidation sites excluding steroid dienone is 2. The number of imide groups is 1. The van der Waals surface area contributed by atoms with E-state index in [-0.39, 0.29) is 17.3 Å². The third kappa shape index (κ3) is 3.78. The molecule has 2 saturated heterocycles. The maximum absolute atomic E-state index is 13.8. The number of halogens is 2. The number of hydrogen-bond donors (Lipinski definition) is 0. The molecular formula is C30H20ClFN2O4. The van der Waals surface area contributed by atoms with Crippen LogP contribution in [0.15, 0.2) is 103 Å². The fraction of sp³-hybridized carbons (Fsp3) is 0.133. The molecule has 6 nitrogen and oxygen atoms in total. The highest BCUT2D eigenvalue weighted by Crippen LogP contribution is 2.47. The lowest BCUT2D eigenvalue weighted by atomic mass is 9.85. The SMILES string of the molecule is O=C(C1=CC2C3C(=O)N(c4ccc(F)cc4)C(=O)C3C(C(=O)c3ccc(Cl)cc3)N2C=C1)c1ccccc1. The lowest BCUT2D eigenvalue weighted by Crippen LogP contribution is -2.46. The highest BCUT2D eigenvalue weighted by molar-refractivity contribution is 6.30. The summed E-state index contributed by atoms with van der Waals surface area (Å²) in [6.45, 7) is 0. The van der Waals surface area contributed by atoms with Crippen molar-refractivity contribution in [2.45, 2.75) is 12.1 Å². The van der Waals surface area contributed by atoms with E-state index < -0.39 is 41.6 Å². The summed E-state index contributed by atoms with van der Waals surface area (Å²) in [5.41, 5.74) is 1.44. The molecule has 4 unspecified atom stereocenters. The molecule has 0 aromatic heterocycles. The van der Waals surface area contributed by atoms with Crippen LogP contribution in [0.2, 0.25) is 5.02 Å². The van der Waals surface area contributed by atoms with Crippen molar-refractivity contribution < 1.29 is 23.6 Å². The summed E-state index contributed by atoms with van der Waals surface area (Å²) in [4.78, 5) is 57.2. The number of fused-ring (bicyclic) bond motifs is 3. The van der Waals surface area contributed by atoms with E-state index >= 15 is 0 Å². The smallest absolute Gasteiger partial charge is 0.240 e. The summed E-state index contributed by atoms with van der Waals surface area (Å²) in [6.07, 6.45) is 4.91. The molecule has 4 atom stereocenters. The number of carbonyl (C=O) groups excluding carboxylic acids is 4. The minimum absolute atomic E-state index is 0.224. The van der Waals surface area contributed by atoms with Gasteiger partial charge in [-0.25, -0.2) is 9.29 Å². The lowest BCUT2D eigenvalue weighted by Gasteiger charge is -2.32. The topological polar surface area (TPSA) is 74.8 Å². The van der Waals surface area contributed by atoms with Crippen molar-refractivity contribution >= 4 is 40.7 Å². The Balaban J connectivity index is 1.43. The molecule has 38 heavy (non-hydrogen) atoms. The second-order valence-electron chi connectivity index (χ2n) is 9.43. The van der Waals surface area contributed by atoms with E-state index in [0.29, 0.717) is 21.7 Å². The van der Waals surface area contributed by atoms with Gasteiger partial charge in [-0.2, -0.15) is 0 Å². The average molecular weight is 527 g/mol. The van der Waals surface area contributed by atoms with Crippen LogP contribution in [0.5, 0.6) is 0 Å². The van der Waals surface area contributed by atoms with E-state index in [0.717, 1.165) is 4.90 Å². The predicted octanol–water partition coefficient (Wildman–Crippen LogP) is 4.86. The first-order chi connectivity index (χ1) is 18.3. The molecule has 0 saturated carbocycles. The molecule has 0 spiro atoms. The number of anilines is 1. The van der Waals surface area contributed by atoms with Gasteiger partial charge in [-0.3, -0.25) is 19.2 Å². The van der Waals surface area contributed by atoms with Crippen LogP contribution in [0, 0.1) is 17.7 Å². The molecule has 6 rings (SSSR count). The third-order valence-corrected chi connectivity index (χ3v) is 7.58. The van der Waals surface area contributed by atoms with Crippen molar-refractivity contribution in [3.63, 3.8) is 0 Å². The number of amides is 2. The van der Waals surface area contributed by atoms with Crippen molar-refractivity contribution in [2.75, 3.05) is 4.90 Å². The number of carbonyl (C=O) groups is 4. The largest absolute Gasteiger partial charge is 0.359 e. The quantitative estimate of drug-likeness (QED) is 0.351. The number of benzene rings is 3. The predicted molar refractivity (Wildman–Crippen MR) is 139 cm³/mol. The highest BCUT2D eigenvalue weighted by atomic mass is 35.5. The van der Waals surface area contributed by atoms with Gasteiger partial charge in [0.1, 0.15) is 11.9 Å². The van der Waals surface area contributed by atoms with Crippen LogP contribution >= 0.6 is 11.6 Å². The zero-order valence-corrected chi connectivity index (χ0v) is 20.6. The van der Waals surface area contributed by atoms with Gasteiger partial charge in [0.15, 0.2) is 11.6 Å². The van der Waals surface area contributed by atoms with Gasteiger partial charge in [-0.1, -0.05) is 48.0 Å². The number of ketones is 2. The summed E-state index contributed by atoms with van der Waals surface area (Å²) >= 11 is 6.01. The van der Waals surface area contributed by atoms with Crippen molar-refractivity contribution in [2.24, 2.45) is 11.8 Å². The average Bonchev–Trinajstić information content (AvgIpc) is 3.41. The molecule has 0 N–H and O–H groups in total. The summed E-state index contributed by atoms with van der Waals surface area (Å²) in [7, 11) is 0. The number of nitrogens with zero attached hydrogens (tertiary/aromatic N) is 2. The van der Waals surface area contributed by atoms with Gasteiger partial charge in [0.25, 0.3) is 0 Å². The molecule has 2 fully saturated rings. The number of rotatable bonds is 5. The fourth-order valence-electron chi connectivity index (χ4n) is 5.58. The summed E-state index contributed by atoms with van der Waals surface area (Å²) < 4.78 is 13.6. The van der Waals surface area contributed by atoms with E-state index in [1.165, 1.54) is 24.3 Å². The molecule has 3 aliphatic heterocycles. The van der Waals surface area contributed by atoms with E-state index in [2.05, 4.69) is 0 Å². The monoisotopic (exact) mass is 526 g/mol. The van der Waals surface area contributed by atoms with Crippen LogP contribution in [-0.4, -0.2) is 40.4 Å². The Morgan fingerprint density at radius 3 is 2.13 bits per heavy atom. The molecule has 3 aromatic rings. The standard InChI is InChI=1S/C30H20ClFN2O4/c31-20-8-6-18(7-9-20)28(36)26-25-24(29(37)34(30(25)38)22-12-10-21(32)11-13-22)23-16-19(14-15-33(23)26)27(35)17-4-2-1-3-5-17/h1-16,23-26H. The molecule has 0 aliphatic carbocycles. The fourth-order valence-corrected chi connectivity index (χ4v) is 5.71. The Hall–Kier alpha value is -4.36. The Morgan fingerprint density at radius 1 is 0.789 bits per heavy atom. The Bertz CT molecular complexity index is 1530. The second kappa shape index (κ2) is 9.19. The van der Waals surface area contributed by atoms with Gasteiger partial charge < -0.3 is 4.90 Å². The second-order valence-corrected chi connectivity index (χ2v) is 9.86. The van der Waals surface area contributed by atoms with Crippen LogP contribution in [0.3, 0.4) is 0 Å². The van der Waals surface area contributed by atoms with Gasteiger partial charge >= 0.3 is 0 Å². The molecule has 3 aliphatic rings. The Labute approximate surface area is 222 Å². The molecule has 3 heterocycles. The molecule has 0 radical (unpaired) electrons. The first-order valence-electron chi connectivity index (χ1n) is 12.1. The van der Waals surface area contributed by atoms with Gasteiger partial charge in [-0.05, 0) is 54.6 Å². The first kappa shape index (κ1) is 24.0. The molecule has 8 heteroatoms. The molecule has 0 bridgehead atoms. The van der Waals surface area contributed by atoms with Crippen LogP contribution in [0.4, 0.5) is 10.1 Å². The minimum Gasteiger partial charge on any atom is -0.359 e. The zero-order valence-electron chi connectivity index (χ0n) is 19.8. The van der Waals surface area contributed by atoms with E-state index in [1.807, 2.05) is 6.07 Å². The van der Waals surface area contributed by atoms with Crippen LogP contribution < -0.4 is 4.90 Å².